The first-order valence-corrected chi connectivity index (χ1v) is 7.66. The number of anilines is 1. The first kappa shape index (κ1) is 17.9. The van der Waals surface area contributed by atoms with Gasteiger partial charge in [-0.25, -0.2) is 4.79 Å². The number of hydrogen-bond donors (Lipinski definition) is 1. The van der Waals surface area contributed by atoms with Crippen molar-refractivity contribution in [1.29, 1.82) is 0 Å². The molecule has 2 N–H and O–H groups in total. The van der Waals surface area contributed by atoms with E-state index >= 15 is 0 Å². The Morgan fingerprint density at radius 3 is 2.81 bits per heavy atom. The minimum Gasteiger partial charge on any atom is -0.497 e. The molecule has 0 bridgehead atoms. The Hall–Kier alpha value is -3.95. The number of methoxy groups -OCH3 is 1. The summed E-state index contributed by atoms with van der Waals surface area (Å²) in [6.45, 7) is -0.272. The summed E-state index contributed by atoms with van der Waals surface area (Å²) in [6, 6.07) is 10.6. The number of rotatable bonds is 6. The number of nitrogens with two attached hydrogens (primary N) is 1. The van der Waals surface area contributed by atoms with E-state index in [1.807, 2.05) is 0 Å². The molecule has 0 atom stereocenters. The molecule has 0 spiro atoms. The van der Waals surface area contributed by atoms with Gasteiger partial charge in [0.25, 0.3) is 11.6 Å². The van der Waals surface area contributed by atoms with Crippen molar-refractivity contribution in [2.24, 2.45) is 0 Å². The van der Waals surface area contributed by atoms with Gasteiger partial charge in [0.05, 0.1) is 23.3 Å². The monoisotopic (exact) mass is 370 g/mol. The van der Waals surface area contributed by atoms with E-state index in [2.05, 4.69) is 10.1 Å². The summed E-state index contributed by atoms with van der Waals surface area (Å²) in [6.07, 6.45) is 0. The third-order valence-electron chi connectivity index (χ3n) is 3.59. The van der Waals surface area contributed by atoms with E-state index in [4.69, 9.17) is 19.7 Å². The Balaban J connectivity index is 1.68. The second-order valence-corrected chi connectivity index (χ2v) is 5.35. The molecule has 1 heterocycles. The number of carbonyl (C=O) groups is 1. The lowest BCUT2D eigenvalue weighted by atomic mass is 10.1. The number of nitrogen functional groups attached to an aromatic ring is 1. The molecule has 10 nitrogen and oxygen atoms in total. The van der Waals surface area contributed by atoms with Gasteiger partial charge in [0.2, 0.25) is 5.82 Å². The van der Waals surface area contributed by atoms with Crippen LogP contribution >= 0.6 is 0 Å². The molecule has 0 radical (unpaired) electrons. The lowest BCUT2D eigenvalue weighted by molar-refractivity contribution is -0.384. The van der Waals surface area contributed by atoms with Gasteiger partial charge in [0, 0.05) is 17.7 Å². The van der Waals surface area contributed by atoms with Gasteiger partial charge >= 0.3 is 5.97 Å². The van der Waals surface area contributed by atoms with Crippen molar-refractivity contribution in [3.8, 4) is 17.1 Å². The van der Waals surface area contributed by atoms with Gasteiger partial charge in [-0.3, -0.25) is 10.1 Å². The first-order valence-electron chi connectivity index (χ1n) is 7.66. The molecule has 0 aliphatic carbocycles. The van der Waals surface area contributed by atoms with Gasteiger partial charge in [0.15, 0.2) is 6.61 Å². The molecule has 3 aromatic rings. The predicted molar refractivity (Wildman–Crippen MR) is 92.9 cm³/mol. The van der Waals surface area contributed by atoms with Crippen LogP contribution in [0.25, 0.3) is 11.4 Å². The summed E-state index contributed by atoms with van der Waals surface area (Å²) in [5, 5.41) is 14.5. The Labute approximate surface area is 152 Å². The molecule has 0 aliphatic rings. The van der Waals surface area contributed by atoms with Crippen LogP contribution in [0.3, 0.4) is 0 Å². The standard InChI is InChI=1S/C17H14N4O6/c1-25-12-4-2-3-10(7-12)16-19-15(27-20-16)9-26-17(22)13-6-5-11(21(23)24)8-14(13)18/h2-8H,9,18H2,1H3. The zero-order valence-electron chi connectivity index (χ0n) is 14.1. The van der Waals surface area contributed by atoms with Crippen LogP contribution in [-0.2, 0) is 11.3 Å². The molecule has 2 aromatic carbocycles. The van der Waals surface area contributed by atoms with Crippen LogP contribution in [0.5, 0.6) is 5.75 Å². The minimum absolute atomic E-state index is 0.00753. The van der Waals surface area contributed by atoms with E-state index in [-0.39, 0.29) is 29.4 Å². The molecule has 0 saturated carbocycles. The smallest absolute Gasteiger partial charge is 0.340 e. The molecule has 0 saturated heterocycles. The molecular weight excluding hydrogens is 356 g/mol. The van der Waals surface area contributed by atoms with Crippen molar-refractivity contribution in [2.75, 3.05) is 12.8 Å². The summed E-state index contributed by atoms with van der Waals surface area (Å²) in [5.41, 5.74) is 6.07. The molecule has 10 heteroatoms. The number of nitrogens with zero attached hydrogens (tertiary/aromatic N) is 3. The highest BCUT2D eigenvalue weighted by Crippen LogP contribution is 2.23. The minimum atomic E-state index is -0.761. The van der Waals surface area contributed by atoms with Crippen LogP contribution in [0, 0.1) is 10.1 Å². The van der Waals surface area contributed by atoms with E-state index in [1.165, 1.54) is 12.1 Å². The van der Waals surface area contributed by atoms with Gasteiger partial charge in [-0.1, -0.05) is 17.3 Å². The maximum absolute atomic E-state index is 12.1. The summed E-state index contributed by atoms with van der Waals surface area (Å²) >= 11 is 0. The fourth-order valence-electron chi connectivity index (χ4n) is 2.25. The zero-order chi connectivity index (χ0) is 19.4. The summed E-state index contributed by atoms with van der Waals surface area (Å²) in [4.78, 5) is 26.3. The topological polar surface area (TPSA) is 144 Å². The SMILES string of the molecule is COc1cccc(-c2noc(COC(=O)c3ccc([N+](=O)[O-])cc3N)n2)c1. The molecule has 1 aromatic heterocycles. The van der Waals surface area contributed by atoms with Gasteiger partial charge in [0.1, 0.15) is 5.75 Å². The number of aromatic nitrogens is 2. The number of non-ortho nitro benzene ring substituents is 1. The van der Waals surface area contributed by atoms with E-state index in [1.54, 1.807) is 31.4 Å². The van der Waals surface area contributed by atoms with Crippen LogP contribution < -0.4 is 10.5 Å². The molecule has 0 fully saturated rings. The molecule has 138 valence electrons. The van der Waals surface area contributed by atoms with Gasteiger partial charge in [-0.2, -0.15) is 4.98 Å². The van der Waals surface area contributed by atoms with Crippen molar-refractivity contribution in [2.45, 2.75) is 6.61 Å². The van der Waals surface area contributed by atoms with E-state index in [9.17, 15) is 14.9 Å². The molecule has 0 amide bonds. The highest BCUT2D eigenvalue weighted by atomic mass is 16.6. The summed E-state index contributed by atoms with van der Waals surface area (Å²) < 4.78 is 15.3. The van der Waals surface area contributed by atoms with Crippen molar-refractivity contribution in [1.82, 2.24) is 10.1 Å². The van der Waals surface area contributed by atoms with Crippen LogP contribution in [-0.4, -0.2) is 28.1 Å². The molecule has 0 unspecified atom stereocenters. The molecule has 27 heavy (non-hydrogen) atoms. The molecule has 3 rings (SSSR count). The normalized spacial score (nSPS) is 10.4. The highest BCUT2D eigenvalue weighted by Gasteiger charge is 2.17. The van der Waals surface area contributed by atoms with Crippen LogP contribution in [0.2, 0.25) is 0 Å². The Kier molecular flexibility index (Phi) is 4.97. The lowest BCUT2D eigenvalue weighted by Gasteiger charge is -2.04. The van der Waals surface area contributed by atoms with Crippen molar-refractivity contribution in [3.05, 3.63) is 64.0 Å². The predicted octanol–water partition coefficient (Wildman–Crippen LogP) is 2.59. The quantitative estimate of drug-likeness (QED) is 0.299. The van der Waals surface area contributed by atoms with E-state index in [0.29, 0.717) is 17.1 Å². The average Bonchev–Trinajstić information content (AvgIpc) is 3.15. The van der Waals surface area contributed by atoms with Gasteiger partial charge in [-0.15, -0.1) is 0 Å². The summed E-state index contributed by atoms with van der Waals surface area (Å²) in [7, 11) is 1.55. The van der Waals surface area contributed by atoms with E-state index < -0.39 is 10.9 Å². The third-order valence-corrected chi connectivity index (χ3v) is 3.59. The largest absolute Gasteiger partial charge is 0.497 e. The second-order valence-electron chi connectivity index (χ2n) is 5.35. The fourth-order valence-corrected chi connectivity index (χ4v) is 2.25. The number of ether oxygens (including phenoxy) is 2. The molecule has 0 aliphatic heterocycles. The zero-order valence-corrected chi connectivity index (χ0v) is 14.1. The number of benzene rings is 2. The van der Waals surface area contributed by atoms with Crippen LogP contribution in [0.15, 0.2) is 47.0 Å². The lowest BCUT2D eigenvalue weighted by Crippen LogP contribution is -2.08. The molecular formula is C17H14N4O6. The van der Waals surface area contributed by atoms with Crippen molar-refractivity contribution < 1.29 is 23.7 Å². The fraction of sp³-hybridized carbons (Fsp3) is 0.118. The van der Waals surface area contributed by atoms with Crippen LogP contribution in [0.1, 0.15) is 16.2 Å². The maximum Gasteiger partial charge on any atom is 0.340 e. The average molecular weight is 370 g/mol. The van der Waals surface area contributed by atoms with Crippen molar-refractivity contribution in [3.63, 3.8) is 0 Å². The summed E-state index contributed by atoms with van der Waals surface area (Å²) in [5.74, 6) is 0.277. The first-order chi connectivity index (χ1) is 13.0. The number of esters is 1. The Morgan fingerprint density at radius 2 is 2.11 bits per heavy atom. The number of hydrogen-bond acceptors (Lipinski definition) is 9. The van der Waals surface area contributed by atoms with Gasteiger partial charge in [-0.05, 0) is 18.2 Å². The number of nitro benzene ring substituents is 1. The number of carbonyl (C=O) groups excluding carboxylic acids is 1. The van der Waals surface area contributed by atoms with Gasteiger partial charge < -0.3 is 19.7 Å². The van der Waals surface area contributed by atoms with Crippen LogP contribution in [0.4, 0.5) is 11.4 Å². The third kappa shape index (κ3) is 4.00. The van der Waals surface area contributed by atoms with Crippen molar-refractivity contribution >= 4 is 17.3 Å². The van der Waals surface area contributed by atoms with E-state index in [0.717, 1.165) is 6.07 Å². The maximum atomic E-state index is 12.1. The Morgan fingerprint density at radius 1 is 1.30 bits per heavy atom. The second kappa shape index (κ2) is 7.52. The highest BCUT2D eigenvalue weighted by molar-refractivity contribution is 5.95. The Bertz CT molecular complexity index is 1000. The number of nitro groups is 1.